The van der Waals surface area contributed by atoms with Crippen LogP contribution in [-0.4, -0.2) is 32.9 Å². The van der Waals surface area contributed by atoms with Gasteiger partial charge in [-0.1, -0.05) is 0 Å². The summed E-state index contributed by atoms with van der Waals surface area (Å²) in [7, 11) is 1.36. The molecule has 0 saturated carbocycles. The Balaban J connectivity index is 0.00000220. The van der Waals surface area contributed by atoms with E-state index in [1.807, 2.05) is 0 Å². The summed E-state index contributed by atoms with van der Waals surface area (Å²) in [6.45, 7) is 2.60. The van der Waals surface area contributed by atoms with Gasteiger partial charge >= 0.3 is 5.97 Å². The lowest BCUT2D eigenvalue weighted by Gasteiger charge is -2.22. The molecule has 0 amide bonds. The number of hydrogen-bond acceptors (Lipinski definition) is 5. The molecule has 1 saturated heterocycles. The first-order chi connectivity index (χ1) is 9.74. The van der Waals surface area contributed by atoms with Gasteiger partial charge in [-0.25, -0.2) is 4.79 Å². The van der Waals surface area contributed by atoms with Crippen molar-refractivity contribution >= 4 is 18.4 Å². The van der Waals surface area contributed by atoms with Crippen LogP contribution in [0.25, 0.3) is 0 Å². The third-order valence-electron chi connectivity index (χ3n) is 3.52. The molecule has 0 unspecified atom stereocenters. The van der Waals surface area contributed by atoms with Crippen molar-refractivity contribution in [1.29, 1.82) is 0 Å². The highest BCUT2D eigenvalue weighted by Gasteiger charge is 2.16. The second-order valence-electron chi connectivity index (χ2n) is 4.88. The highest BCUT2D eigenvalue weighted by atomic mass is 35.5. The first kappa shape index (κ1) is 17.8. The molecule has 0 atom stereocenters. The lowest BCUT2D eigenvalue weighted by atomic mass is 10.0. The van der Waals surface area contributed by atoms with Crippen LogP contribution in [0.4, 0.5) is 0 Å². The van der Waals surface area contributed by atoms with E-state index in [9.17, 15) is 4.79 Å². The summed E-state index contributed by atoms with van der Waals surface area (Å²) in [6.07, 6.45) is 2.05. The molecule has 1 aliphatic heterocycles. The molecule has 1 aromatic carbocycles. The van der Waals surface area contributed by atoms with E-state index in [0.29, 0.717) is 24.6 Å². The Morgan fingerprint density at radius 1 is 1.38 bits per heavy atom. The van der Waals surface area contributed by atoms with Gasteiger partial charge in [-0.05, 0) is 37.0 Å². The number of hydrogen-bond donors (Lipinski definition) is 1. The normalized spacial score (nSPS) is 15.1. The Bertz CT molecular complexity index is 461. The van der Waals surface area contributed by atoms with Crippen LogP contribution in [-0.2, 0) is 16.0 Å². The average Bonchev–Trinajstić information content (AvgIpc) is 2.53. The average molecular weight is 316 g/mol. The zero-order valence-corrected chi connectivity index (χ0v) is 13.0. The minimum Gasteiger partial charge on any atom is -0.493 e. The molecule has 1 heterocycles. The predicted octanol–water partition coefficient (Wildman–Crippen LogP) is 2.16. The van der Waals surface area contributed by atoms with Crippen molar-refractivity contribution in [3.05, 3.63) is 29.3 Å². The van der Waals surface area contributed by atoms with Crippen molar-refractivity contribution in [1.82, 2.24) is 0 Å². The fourth-order valence-corrected chi connectivity index (χ4v) is 2.25. The molecular weight excluding hydrogens is 294 g/mol. The van der Waals surface area contributed by atoms with Gasteiger partial charge in [-0.3, -0.25) is 0 Å². The molecule has 0 spiro atoms. The number of ether oxygens (including phenoxy) is 3. The number of carbonyl (C=O) groups excluding carboxylic acids is 1. The van der Waals surface area contributed by atoms with Gasteiger partial charge in [0.15, 0.2) is 0 Å². The molecule has 1 fully saturated rings. The third kappa shape index (κ3) is 4.88. The van der Waals surface area contributed by atoms with E-state index >= 15 is 0 Å². The SMILES string of the molecule is COC(=O)c1ccc(OCC2CCOCC2)c(CN)c1.Cl. The Kier molecular flexibility index (Phi) is 7.50. The first-order valence-corrected chi connectivity index (χ1v) is 6.86. The van der Waals surface area contributed by atoms with Crippen LogP contribution in [0.3, 0.4) is 0 Å². The van der Waals surface area contributed by atoms with Crippen LogP contribution in [0.2, 0.25) is 0 Å². The number of halogens is 1. The summed E-state index contributed by atoms with van der Waals surface area (Å²) in [5.41, 5.74) is 7.03. The van der Waals surface area contributed by atoms with Gasteiger partial charge in [-0.15, -0.1) is 12.4 Å². The Morgan fingerprint density at radius 3 is 2.71 bits per heavy atom. The molecule has 1 aromatic rings. The monoisotopic (exact) mass is 315 g/mol. The highest BCUT2D eigenvalue weighted by molar-refractivity contribution is 5.89. The number of rotatable bonds is 5. The van der Waals surface area contributed by atoms with E-state index < -0.39 is 0 Å². The summed E-state index contributed by atoms with van der Waals surface area (Å²) in [5, 5.41) is 0. The van der Waals surface area contributed by atoms with E-state index in [-0.39, 0.29) is 18.4 Å². The van der Waals surface area contributed by atoms with Crippen molar-refractivity contribution in [3.8, 4) is 5.75 Å². The topological polar surface area (TPSA) is 70.8 Å². The molecule has 118 valence electrons. The molecule has 0 bridgehead atoms. The molecule has 0 radical (unpaired) electrons. The van der Waals surface area contributed by atoms with E-state index in [1.165, 1.54) is 7.11 Å². The summed E-state index contributed by atoms with van der Waals surface area (Å²) in [6, 6.07) is 5.21. The zero-order valence-electron chi connectivity index (χ0n) is 12.2. The molecule has 21 heavy (non-hydrogen) atoms. The molecule has 2 N–H and O–H groups in total. The number of benzene rings is 1. The zero-order chi connectivity index (χ0) is 14.4. The smallest absolute Gasteiger partial charge is 0.337 e. The second-order valence-corrected chi connectivity index (χ2v) is 4.88. The van der Waals surface area contributed by atoms with Crippen molar-refractivity contribution in [2.75, 3.05) is 26.9 Å². The van der Waals surface area contributed by atoms with Gasteiger partial charge in [0.05, 0.1) is 19.3 Å². The first-order valence-electron chi connectivity index (χ1n) is 6.86. The fourth-order valence-electron chi connectivity index (χ4n) is 2.25. The summed E-state index contributed by atoms with van der Waals surface area (Å²) < 4.78 is 15.9. The van der Waals surface area contributed by atoms with Crippen LogP contribution in [0.15, 0.2) is 18.2 Å². The standard InChI is InChI=1S/C15H21NO4.ClH/c1-18-15(17)12-2-3-14(13(8-12)9-16)20-10-11-4-6-19-7-5-11;/h2-3,8,11H,4-7,9-10,16H2,1H3;1H. The van der Waals surface area contributed by atoms with Gasteiger partial charge < -0.3 is 19.9 Å². The molecule has 0 aliphatic carbocycles. The van der Waals surface area contributed by atoms with E-state index in [4.69, 9.17) is 19.9 Å². The summed E-state index contributed by atoms with van der Waals surface area (Å²) >= 11 is 0. The number of nitrogens with two attached hydrogens (primary N) is 1. The van der Waals surface area contributed by atoms with Gasteiger partial charge in [0.2, 0.25) is 0 Å². The van der Waals surface area contributed by atoms with E-state index in [2.05, 4.69) is 0 Å². The Labute approximate surface area is 131 Å². The van der Waals surface area contributed by atoms with Crippen LogP contribution in [0.1, 0.15) is 28.8 Å². The fraction of sp³-hybridized carbons (Fsp3) is 0.533. The third-order valence-corrected chi connectivity index (χ3v) is 3.52. The van der Waals surface area contributed by atoms with Crippen molar-refractivity contribution < 1.29 is 19.0 Å². The highest BCUT2D eigenvalue weighted by Crippen LogP contribution is 2.23. The van der Waals surface area contributed by atoms with Crippen molar-refractivity contribution in [3.63, 3.8) is 0 Å². The second kappa shape index (κ2) is 8.87. The molecule has 5 nitrogen and oxygen atoms in total. The van der Waals surface area contributed by atoms with Gasteiger partial charge in [0, 0.05) is 25.3 Å². The largest absolute Gasteiger partial charge is 0.493 e. The molecule has 6 heteroatoms. The van der Waals surface area contributed by atoms with Crippen LogP contribution >= 0.6 is 12.4 Å². The Morgan fingerprint density at radius 2 is 2.10 bits per heavy atom. The minimum atomic E-state index is -0.365. The Hall–Kier alpha value is -1.30. The summed E-state index contributed by atoms with van der Waals surface area (Å²) in [5.74, 6) is 0.900. The lowest BCUT2D eigenvalue weighted by Crippen LogP contribution is -2.22. The van der Waals surface area contributed by atoms with Gasteiger partial charge in [-0.2, -0.15) is 0 Å². The maximum atomic E-state index is 11.5. The van der Waals surface area contributed by atoms with Crippen molar-refractivity contribution in [2.24, 2.45) is 11.7 Å². The lowest BCUT2D eigenvalue weighted by molar-refractivity contribution is 0.0495. The van der Waals surface area contributed by atoms with E-state index in [1.54, 1.807) is 18.2 Å². The van der Waals surface area contributed by atoms with Crippen molar-refractivity contribution in [2.45, 2.75) is 19.4 Å². The number of carbonyl (C=O) groups is 1. The number of esters is 1. The quantitative estimate of drug-likeness (QED) is 0.843. The van der Waals surface area contributed by atoms with E-state index in [0.717, 1.165) is 37.4 Å². The maximum Gasteiger partial charge on any atom is 0.337 e. The van der Waals surface area contributed by atoms with Crippen LogP contribution in [0.5, 0.6) is 5.75 Å². The van der Waals surface area contributed by atoms with Crippen LogP contribution in [0, 0.1) is 5.92 Å². The predicted molar refractivity (Wildman–Crippen MR) is 82.0 cm³/mol. The minimum absolute atomic E-state index is 0. The molecule has 1 aliphatic rings. The van der Waals surface area contributed by atoms with Gasteiger partial charge in [0.25, 0.3) is 0 Å². The maximum absolute atomic E-state index is 11.5. The number of methoxy groups -OCH3 is 1. The van der Waals surface area contributed by atoms with Crippen LogP contribution < -0.4 is 10.5 Å². The molecular formula is C15H22ClNO4. The summed E-state index contributed by atoms with van der Waals surface area (Å²) in [4.78, 5) is 11.5. The van der Waals surface area contributed by atoms with Gasteiger partial charge in [0.1, 0.15) is 5.75 Å². The molecule has 2 rings (SSSR count). The molecule has 0 aromatic heterocycles.